The van der Waals surface area contributed by atoms with Gasteiger partial charge in [-0.3, -0.25) is 10.1 Å². The number of halogens is 1. The molecule has 0 saturated heterocycles. The Bertz CT molecular complexity index is 1290. The highest BCUT2D eigenvalue weighted by molar-refractivity contribution is 7.13. The molecule has 0 atom stereocenters. The van der Waals surface area contributed by atoms with Crippen molar-refractivity contribution in [2.45, 2.75) is 0 Å². The Morgan fingerprint density at radius 1 is 1.17 bits per heavy atom. The summed E-state index contributed by atoms with van der Waals surface area (Å²) in [7, 11) is 3.10. The Balaban J connectivity index is 1.92. The summed E-state index contributed by atoms with van der Waals surface area (Å²) in [5, 5.41) is 6.19. The van der Waals surface area contributed by atoms with E-state index in [-0.39, 0.29) is 11.1 Å². The van der Waals surface area contributed by atoms with Gasteiger partial charge in [-0.1, -0.05) is 11.6 Å². The fourth-order valence-corrected chi connectivity index (χ4v) is 3.49. The summed E-state index contributed by atoms with van der Waals surface area (Å²) in [5.74, 6) is 0.695. The van der Waals surface area contributed by atoms with Crippen LogP contribution in [0.15, 0.2) is 63.5 Å². The number of nitrogens with zero attached hydrogens (tertiary/aromatic N) is 2. The zero-order valence-electron chi connectivity index (χ0n) is 16.0. The van der Waals surface area contributed by atoms with Gasteiger partial charge in [0.25, 0.3) is 5.91 Å². The Morgan fingerprint density at radius 3 is 2.77 bits per heavy atom. The van der Waals surface area contributed by atoms with E-state index >= 15 is 0 Å². The van der Waals surface area contributed by atoms with Gasteiger partial charge in [0.05, 0.1) is 14.2 Å². The average molecular weight is 442 g/mol. The highest BCUT2D eigenvalue weighted by Gasteiger charge is 2.15. The van der Waals surface area contributed by atoms with Crippen molar-refractivity contribution in [2.75, 3.05) is 19.5 Å². The van der Waals surface area contributed by atoms with Crippen molar-refractivity contribution >= 4 is 50.6 Å². The molecule has 152 valence electrons. The number of methoxy groups -OCH3 is 2. The molecule has 2 heterocycles. The van der Waals surface area contributed by atoms with Crippen LogP contribution in [-0.4, -0.2) is 25.1 Å². The minimum Gasteiger partial charge on any atom is -0.497 e. The summed E-state index contributed by atoms with van der Waals surface area (Å²) >= 11 is 7.41. The maximum absolute atomic E-state index is 13.0. The molecule has 0 spiro atoms. The van der Waals surface area contributed by atoms with Gasteiger partial charge in [0.1, 0.15) is 28.3 Å². The summed E-state index contributed by atoms with van der Waals surface area (Å²) in [5.41, 5.74) is 1.33. The number of ether oxygens (including phenoxy) is 2. The number of carbonyl (C=O) groups excluding carboxylic acids is 1. The van der Waals surface area contributed by atoms with Crippen LogP contribution in [0.1, 0.15) is 10.4 Å². The van der Waals surface area contributed by atoms with Crippen LogP contribution in [0.5, 0.6) is 11.5 Å². The molecule has 0 radical (unpaired) electrons. The molecule has 9 heteroatoms. The monoisotopic (exact) mass is 441 g/mol. The molecule has 4 aromatic rings. The fraction of sp³-hybridized carbons (Fsp3) is 0.0952. The number of carbonyl (C=O) groups is 1. The number of fused-ring (bicyclic) bond motifs is 1. The van der Waals surface area contributed by atoms with Gasteiger partial charge in [-0.2, -0.15) is 0 Å². The molecule has 0 aliphatic carbocycles. The highest BCUT2D eigenvalue weighted by Crippen LogP contribution is 2.31. The van der Waals surface area contributed by atoms with Crippen molar-refractivity contribution in [2.24, 2.45) is 4.99 Å². The molecule has 30 heavy (non-hydrogen) atoms. The lowest BCUT2D eigenvalue weighted by Crippen LogP contribution is -2.21. The van der Waals surface area contributed by atoms with Gasteiger partial charge in [0.15, 0.2) is 5.13 Å². The predicted molar refractivity (Wildman–Crippen MR) is 116 cm³/mol. The number of anilines is 1. The standard InChI is InChI=1S/C21H16ClN3O4S/c1-27-14-4-6-18(28-2)16(11-14)24-20-15(19(26)25-21-23-7-8-30-21)10-12-9-13(22)3-5-17(12)29-20/h3-11H,1-2H3,(H,23,25,26). The first-order valence-electron chi connectivity index (χ1n) is 8.78. The Morgan fingerprint density at radius 2 is 2.03 bits per heavy atom. The number of rotatable bonds is 5. The lowest BCUT2D eigenvalue weighted by molar-refractivity contribution is 0.102. The zero-order valence-corrected chi connectivity index (χ0v) is 17.6. The molecular formula is C21H16ClN3O4S. The van der Waals surface area contributed by atoms with E-state index in [2.05, 4.69) is 15.3 Å². The Hall–Kier alpha value is -3.36. The topological polar surface area (TPSA) is 86.0 Å². The summed E-state index contributed by atoms with van der Waals surface area (Å²) in [6.45, 7) is 0. The van der Waals surface area contributed by atoms with Crippen LogP contribution in [0.3, 0.4) is 0 Å². The van der Waals surface area contributed by atoms with E-state index in [0.717, 1.165) is 0 Å². The van der Waals surface area contributed by atoms with E-state index in [1.807, 2.05) is 0 Å². The normalized spacial score (nSPS) is 11.5. The first kappa shape index (κ1) is 19.9. The lowest BCUT2D eigenvalue weighted by Gasteiger charge is -2.08. The van der Waals surface area contributed by atoms with Crippen LogP contribution in [0.2, 0.25) is 5.02 Å². The van der Waals surface area contributed by atoms with Gasteiger partial charge in [-0.05, 0) is 36.4 Å². The number of thiazole rings is 1. The number of benzene rings is 2. The first-order chi connectivity index (χ1) is 14.6. The van der Waals surface area contributed by atoms with Crippen molar-refractivity contribution in [3.8, 4) is 11.5 Å². The molecule has 0 saturated carbocycles. The van der Waals surface area contributed by atoms with E-state index < -0.39 is 5.91 Å². The summed E-state index contributed by atoms with van der Waals surface area (Å²) in [6.07, 6.45) is 1.61. The van der Waals surface area contributed by atoms with E-state index in [1.165, 1.54) is 18.4 Å². The molecule has 0 aliphatic rings. The molecule has 0 fully saturated rings. The van der Waals surface area contributed by atoms with Crippen LogP contribution >= 0.6 is 22.9 Å². The predicted octanol–water partition coefficient (Wildman–Crippen LogP) is 5.04. The van der Waals surface area contributed by atoms with Gasteiger partial charge in [-0.15, -0.1) is 11.3 Å². The van der Waals surface area contributed by atoms with Crippen molar-refractivity contribution in [1.82, 2.24) is 4.98 Å². The largest absolute Gasteiger partial charge is 0.497 e. The number of hydrogen-bond donors (Lipinski definition) is 1. The number of hydrogen-bond acceptors (Lipinski definition) is 7. The second kappa shape index (κ2) is 8.56. The molecule has 4 rings (SSSR count). The third-order valence-corrected chi connectivity index (χ3v) is 5.14. The SMILES string of the molecule is COc1ccc(OC)c(N=c2oc3ccc(Cl)cc3cc2C(=O)Nc2nccs2)c1. The molecule has 1 N–H and O–H groups in total. The molecule has 1 amide bonds. The summed E-state index contributed by atoms with van der Waals surface area (Å²) in [6, 6.07) is 12.0. The molecule has 0 bridgehead atoms. The maximum atomic E-state index is 13.0. The van der Waals surface area contributed by atoms with Crippen LogP contribution in [0.25, 0.3) is 11.0 Å². The van der Waals surface area contributed by atoms with Crippen LogP contribution < -0.4 is 20.3 Å². The molecule has 2 aromatic carbocycles. The van der Waals surface area contributed by atoms with Gasteiger partial charge >= 0.3 is 0 Å². The van der Waals surface area contributed by atoms with Gasteiger partial charge in [0, 0.05) is 28.1 Å². The molecule has 7 nitrogen and oxygen atoms in total. The van der Waals surface area contributed by atoms with Gasteiger partial charge in [-0.25, -0.2) is 9.98 Å². The van der Waals surface area contributed by atoms with E-state index in [9.17, 15) is 4.79 Å². The number of aromatic nitrogens is 1. The third-order valence-electron chi connectivity index (χ3n) is 4.21. The van der Waals surface area contributed by atoms with Crippen molar-refractivity contribution < 1.29 is 18.7 Å². The molecule has 0 unspecified atom stereocenters. The summed E-state index contributed by atoms with van der Waals surface area (Å²) < 4.78 is 16.6. The Kier molecular flexibility index (Phi) is 5.69. The van der Waals surface area contributed by atoms with Gasteiger partial charge in [0.2, 0.25) is 5.55 Å². The fourth-order valence-electron chi connectivity index (χ4n) is 2.79. The van der Waals surface area contributed by atoms with E-state index in [4.69, 9.17) is 25.5 Å². The summed E-state index contributed by atoms with van der Waals surface area (Å²) in [4.78, 5) is 21.6. The van der Waals surface area contributed by atoms with Crippen molar-refractivity contribution in [3.05, 3.63) is 70.2 Å². The van der Waals surface area contributed by atoms with Crippen LogP contribution in [0.4, 0.5) is 10.8 Å². The van der Waals surface area contributed by atoms with Crippen molar-refractivity contribution in [3.63, 3.8) is 0 Å². The number of amides is 1. The van der Waals surface area contributed by atoms with Crippen LogP contribution in [0, 0.1) is 0 Å². The molecule has 2 aromatic heterocycles. The third kappa shape index (κ3) is 4.14. The molecule has 0 aliphatic heterocycles. The quantitative estimate of drug-likeness (QED) is 0.468. The minimum absolute atomic E-state index is 0.116. The average Bonchev–Trinajstić information content (AvgIpc) is 3.26. The van der Waals surface area contributed by atoms with Crippen LogP contribution in [-0.2, 0) is 0 Å². The first-order valence-corrected chi connectivity index (χ1v) is 10.0. The van der Waals surface area contributed by atoms with E-state index in [0.29, 0.717) is 38.3 Å². The second-order valence-electron chi connectivity index (χ2n) is 6.09. The Labute approximate surface area is 180 Å². The lowest BCUT2D eigenvalue weighted by atomic mass is 10.1. The second-order valence-corrected chi connectivity index (χ2v) is 7.42. The van der Waals surface area contributed by atoms with E-state index in [1.54, 1.807) is 61.2 Å². The van der Waals surface area contributed by atoms with Crippen molar-refractivity contribution in [1.29, 1.82) is 0 Å². The zero-order chi connectivity index (χ0) is 21.1. The highest BCUT2D eigenvalue weighted by atomic mass is 35.5. The minimum atomic E-state index is -0.406. The number of nitrogens with one attached hydrogen (secondary N) is 1. The smallest absolute Gasteiger partial charge is 0.262 e. The molecular weight excluding hydrogens is 426 g/mol. The van der Waals surface area contributed by atoms with Gasteiger partial charge < -0.3 is 13.9 Å². The maximum Gasteiger partial charge on any atom is 0.262 e.